The molecule has 35 heavy (non-hydrogen) atoms. The molecule has 0 saturated carbocycles. The molecule has 1 unspecified atom stereocenters. The zero-order valence-electron chi connectivity index (χ0n) is 19.6. The van der Waals surface area contributed by atoms with Crippen LogP contribution in [0.25, 0.3) is 10.9 Å². The quantitative estimate of drug-likeness (QED) is 0.451. The monoisotopic (exact) mass is 467 g/mol. The van der Waals surface area contributed by atoms with Crippen molar-refractivity contribution in [1.82, 2.24) is 14.8 Å². The highest BCUT2D eigenvalue weighted by molar-refractivity contribution is 5.78. The van der Waals surface area contributed by atoms with Crippen LogP contribution in [0.4, 0.5) is 0 Å². The summed E-state index contributed by atoms with van der Waals surface area (Å²) in [5.74, 6) is 2.42. The van der Waals surface area contributed by atoms with Gasteiger partial charge in [-0.2, -0.15) is 0 Å². The first-order valence-electron chi connectivity index (χ1n) is 12.2. The van der Waals surface area contributed by atoms with E-state index >= 15 is 0 Å². The zero-order chi connectivity index (χ0) is 23.6. The minimum atomic E-state index is -0.570. The molecule has 1 atom stereocenters. The van der Waals surface area contributed by atoms with Gasteiger partial charge in [0.2, 0.25) is 5.88 Å². The third-order valence-electron chi connectivity index (χ3n) is 6.88. The molecule has 1 saturated heterocycles. The third-order valence-corrected chi connectivity index (χ3v) is 6.88. The maximum atomic E-state index is 10.6. The molecular formula is C29H29N3O3. The van der Waals surface area contributed by atoms with Crippen LogP contribution in [0.2, 0.25) is 0 Å². The maximum absolute atomic E-state index is 10.6. The van der Waals surface area contributed by atoms with Crippen LogP contribution in [0, 0.1) is 0 Å². The lowest BCUT2D eigenvalue weighted by Crippen LogP contribution is -2.50. The molecule has 3 heterocycles. The first-order valence-corrected chi connectivity index (χ1v) is 12.2. The molecule has 0 aliphatic carbocycles. The van der Waals surface area contributed by atoms with Crippen LogP contribution < -0.4 is 9.47 Å². The summed E-state index contributed by atoms with van der Waals surface area (Å²) in [6, 6.07) is 28.7. The first-order chi connectivity index (χ1) is 17.2. The Balaban J connectivity index is 1.06. The van der Waals surface area contributed by atoms with Crippen molar-refractivity contribution in [2.45, 2.75) is 12.1 Å². The average molecular weight is 468 g/mol. The molecular weight excluding hydrogens is 438 g/mol. The molecule has 0 amide bonds. The summed E-state index contributed by atoms with van der Waals surface area (Å²) >= 11 is 0. The summed E-state index contributed by atoms with van der Waals surface area (Å²) in [5.41, 5.74) is 3.33. The second-order valence-electron chi connectivity index (χ2n) is 9.22. The standard InChI is InChI=1S/C29H29N3O3/c33-22(20-34-28-14-13-21-7-1-4-10-25(21)30-28)19-31-15-17-32(18-16-31)29-23-8-2-5-11-26(23)35-27-12-6-3-9-24(27)29/h1-14,22,29,33H,15-20H2. The Labute approximate surface area is 205 Å². The lowest BCUT2D eigenvalue weighted by atomic mass is 9.92. The van der Waals surface area contributed by atoms with E-state index in [1.165, 1.54) is 11.1 Å². The number of rotatable bonds is 6. The minimum absolute atomic E-state index is 0.186. The van der Waals surface area contributed by atoms with Gasteiger partial charge in [0.1, 0.15) is 24.2 Å². The first kappa shape index (κ1) is 22.0. The molecule has 0 radical (unpaired) electrons. The van der Waals surface area contributed by atoms with Crippen LogP contribution in [0.5, 0.6) is 17.4 Å². The van der Waals surface area contributed by atoms with Crippen LogP contribution >= 0.6 is 0 Å². The normalized spacial score (nSPS) is 17.4. The Morgan fingerprint density at radius 3 is 2.23 bits per heavy atom. The Bertz CT molecular complexity index is 1270. The Kier molecular flexibility index (Phi) is 6.08. The number of pyridine rings is 1. The topological polar surface area (TPSA) is 58.1 Å². The predicted molar refractivity (Wildman–Crippen MR) is 136 cm³/mol. The van der Waals surface area contributed by atoms with Gasteiger partial charge in [-0.1, -0.05) is 54.6 Å². The minimum Gasteiger partial charge on any atom is -0.475 e. The van der Waals surface area contributed by atoms with Gasteiger partial charge in [0.15, 0.2) is 0 Å². The fraction of sp³-hybridized carbons (Fsp3) is 0.276. The third kappa shape index (κ3) is 4.60. The predicted octanol–water partition coefficient (Wildman–Crippen LogP) is 4.49. The number of piperazine rings is 1. The SMILES string of the molecule is OC(COc1ccc2ccccc2n1)CN1CCN(C2c3ccccc3Oc3ccccc32)CC1. The molecule has 6 heteroatoms. The molecule has 0 bridgehead atoms. The van der Waals surface area contributed by atoms with E-state index in [0.29, 0.717) is 12.4 Å². The van der Waals surface area contributed by atoms with Crippen LogP contribution in [-0.2, 0) is 0 Å². The van der Waals surface area contributed by atoms with Gasteiger partial charge in [-0.3, -0.25) is 9.80 Å². The number of hydrogen-bond donors (Lipinski definition) is 1. The molecule has 1 aromatic heterocycles. The molecule has 2 aliphatic rings. The molecule has 1 fully saturated rings. The van der Waals surface area contributed by atoms with Gasteiger partial charge >= 0.3 is 0 Å². The van der Waals surface area contributed by atoms with Gasteiger partial charge in [0.05, 0.1) is 11.6 Å². The van der Waals surface area contributed by atoms with Crippen molar-refractivity contribution < 1.29 is 14.6 Å². The summed E-state index contributed by atoms with van der Waals surface area (Å²) in [6.07, 6.45) is -0.570. The lowest BCUT2D eigenvalue weighted by Gasteiger charge is -2.42. The van der Waals surface area contributed by atoms with Crippen molar-refractivity contribution in [2.75, 3.05) is 39.3 Å². The van der Waals surface area contributed by atoms with Crippen molar-refractivity contribution in [2.24, 2.45) is 0 Å². The molecule has 4 aromatic rings. The molecule has 0 spiro atoms. The van der Waals surface area contributed by atoms with Gasteiger partial charge in [-0.05, 0) is 24.3 Å². The van der Waals surface area contributed by atoms with Gasteiger partial charge in [0, 0.05) is 55.3 Å². The largest absolute Gasteiger partial charge is 0.475 e. The highest BCUT2D eigenvalue weighted by Gasteiger charge is 2.33. The van der Waals surface area contributed by atoms with Crippen LogP contribution in [0.3, 0.4) is 0 Å². The van der Waals surface area contributed by atoms with E-state index in [2.05, 4.69) is 51.2 Å². The second-order valence-corrected chi connectivity index (χ2v) is 9.22. The summed E-state index contributed by atoms with van der Waals surface area (Å²) in [5, 5.41) is 11.7. The van der Waals surface area contributed by atoms with Crippen LogP contribution in [0.1, 0.15) is 17.2 Å². The van der Waals surface area contributed by atoms with E-state index in [9.17, 15) is 5.11 Å². The van der Waals surface area contributed by atoms with Gasteiger partial charge in [0.25, 0.3) is 0 Å². The van der Waals surface area contributed by atoms with Crippen LogP contribution in [0.15, 0.2) is 84.9 Å². The lowest BCUT2D eigenvalue weighted by molar-refractivity contribution is 0.0384. The number of ether oxygens (including phenoxy) is 2. The summed E-state index contributed by atoms with van der Waals surface area (Å²) in [4.78, 5) is 9.37. The molecule has 3 aromatic carbocycles. The second kappa shape index (κ2) is 9.66. The molecule has 1 N–H and O–H groups in total. The summed E-state index contributed by atoms with van der Waals surface area (Å²) < 4.78 is 12.0. The van der Waals surface area contributed by atoms with Crippen molar-refractivity contribution in [3.8, 4) is 17.4 Å². The van der Waals surface area contributed by atoms with E-state index in [0.717, 1.165) is 48.6 Å². The molecule has 6 nitrogen and oxygen atoms in total. The van der Waals surface area contributed by atoms with Crippen molar-refractivity contribution in [1.29, 1.82) is 0 Å². The number of aliphatic hydroxyl groups excluding tert-OH is 1. The van der Waals surface area contributed by atoms with Crippen molar-refractivity contribution in [3.05, 3.63) is 96.1 Å². The number of para-hydroxylation sites is 3. The number of benzene rings is 3. The number of aromatic nitrogens is 1. The number of fused-ring (bicyclic) bond motifs is 3. The molecule has 6 rings (SSSR count). The van der Waals surface area contributed by atoms with E-state index in [4.69, 9.17) is 9.47 Å². The Hall–Kier alpha value is -3.45. The summed E-state index contributed by atoms with van der Waals surface area (Å²) in [6.45, 7) is 4.45. The van der Waals surface area contributed by atoms with Gasteiger partial charge in [-0.25, -0.2) is 4.98 Å². The van der Waals surface area contributed by atoms with Gasteiger partial charge < -0.3 is 14.6 Å². The number of aliphatic hydroxyl groups is 1. The smallest absolute Gasteiger partial charge is 0.213 e. The zero-order valence-corrected chi connectivity index (χ0v) is 19.6. The average Bonchev–Trinajstić information content (AvgIpc) is 2.91. The van der Waals surface area contributed by atoms with E-state index in [1.54, 1.807) is 0 Å². The highest BCUT2D eigenvalue weighted by Crippen LogP contribution is 2.45. The van der Waals surface area contributed by atoms with Crippen LogP contribution in [-0.4, -0.2) is 65.3 Å². The van der Waals surface area contributed by atoms with E-state index in [1.807, 2.05) is 48.5 Å². The fourth-order valence-corrected chi connectivity index (χ4v) is 5.14. The Morgan fingerprint density at radius 2 is 1.49 bits per heavy atom. The summed E-state index contributed by atoms with van der Waals surface area (Å²) in [7, 11) is 0. The van der Waals surface area contributed by atoms with Gasteiger partial charge in [-0.15, -0.1) is 0 Å². The van der Waals surface area contributed by atoms with Crippen molar-refractivity contribution in [3.63, 3.8) is 0 Å². The number of β-amino-alcohol motifs (C(OH)–C–C–N with tert-alkyl or cyclic N) is 1. The highest BCUT2D eigenvalue weighted by atomic mass is 16.5. The van der Waals surface area contributed by atoms with Crippen molar-refractivity contribution >= 4 is 10.9 Å². The maximum Gasteiger partial charge on any atom is 0.213 e. The number of hydrogen-bond acceptors (Lipinski definition) is 6. The van der Waals surface area contributed by atoms with E-state index in [-0.39, 0.29) is 12.6 Å². The fourth-order valence-electron chi connectivity index (χ4n) is 5.14. The number of nitrogens with zero attached hydrogens (tertiary/aromatic N) is 3. The molecule has 178 valence electrons. The van der Waals surface area contributed by atoms with E-state index < -0.39 is 6.10 Å². The molecule has 2 aliphatic heterocycles. The Morgan fingerprint density at radius 1 is 0.829 bits per heavy atom.